The monoisotopic (exact) mass is 231 g/mol. The highest BCUT2D eigenvalue weighted by molar-refractivity contribution is 5.99. The van der Waals surface area contributed by atoms with E-state index in [0.717, 1.165) is 24.3 Å². The van der Waals surface area contributed by atoms with Crippen LogP contribution in [0.1, 0.15) is 17.2 Å². The number of rotatable bonds is 3. The predicted molar refractivity (Wildman–Crippen MR) is 66.9 cm³/mol. The van der Waals surface area contributed by atoms with Crippen molar-refractivity contribution in [3.05, 3.63) is 29.3 Å². The molecule has 3 N–H and O–H groups in total. The smallest absolute Gasteiger partial charge is 0.228 e. The van der Waals surface area contributed by atoms with Gasteiger partial charge < -0.3 is 16.0 Å². The third-order valence-corrected chi connectivity index (χ3v) is 3.71. The third kappa shape index (κ3) is 1.83. The van der Waals surface area contributed by atoms with E-state index in [-0.39, 0.29) is 5.91 Å². The minimum atomic E-state index is 0.100. The summed E-state index contributed by atoms with van der Waals surface area (Å²) < 4.78 is 0. The van der Waals surface area contributed by atoms with Crippen LogP contribution in [0.15, 0.2) is 18.2 Å². The highest BCUT2D eigenvalue weighted by Gasteiger charge is 2.28. The van der Waals surface area contributed by atoms with Crippen LogP contribution in [0.5, 0.6) is 0 Å². The first-order chi connectivity index (χ1) is 8.28. The lowest BCUT2D eigenvalue weighted by molar-refractivity contribution is -0.115. The van der Waals surface area contributed by atoms with Crippen molar-refractivity contribution in [3.63, 3.8) is 0 Å². The second-order valence-corrected chi connectivity index (χ2v) is 4.83. The Balaban J connectivity index is 1.88. The topological polar surface area (TPSA) is 53.2 Å². The Labute approximate surface area is 101 Å². The second kappa shape index (κ2) is 4.13. The van der Waals surface area contributed by atoms with Crippen LogP contribution >= 0.6 is 0 Å². The number of carbonyl (C=O) groups excluding carboxylic acids is 1. The van der Waals surface area contributed by atoms with Crippen molar-refractivity contribution in [1.29, 1.82) is 0 Å². The number of nitrogens with one attached hydrogen (secondary N) is 3. The molecule has 0 aliphatic carbocycles. The van der Waals surface area contributed by atoms with E-state index in [1.807, 2.05) is 13.1 Å². The van der Waals surface area contributed by atoms with E-state index in [2.05, 4.69) is 28.1 Å². The van der Waals surface area contributed by atoms with Gasteiger partial charge >= 0.3 is 0 Å². The van der Waals surface area contributed by atoms with Gasteiger partial charge in [-0.3, -0.25) is 4.79 Å². The molecule has 1 unspecified atom stereocenters. The fraction of sp³-hybridized carbons (Fsp3) is 0.462. The molecule has 1 amide bonds. The maximum atomic E-state index is 11.3. The minimum absolute atomic E-state index is 0.100. The van der Waals surface area contributed by atoms with Crippen molar-refractivity contribution in [1.82, 2.24) is 10.6 Å². The molecule has 2 aliphatic heterocycles. The summed E-state index contributed by atoms with van der Waals surface area (Å²) in [7, 11) is 2.00. The van der Waals surface area contributed by atoms with E-state index in [1.165, 1.54) is 5.56 Å². The fourth-order valence-electron chi connectivity index (χ4n) is 2.66. The summed E-state index contributed by atoms with van der Waals surface area (Å²) in [6.45, 7) is 2.14. The normalized spacial score (nSPS) is 20.6. The standard InChI is InChI=1S/C13H17N3O/c1-14-13(10-6-15-7-10)8-2-3-11-9(4-8)5-12(17)16-11/h2-4,10,13-15H,5-7H2,1H3,(H,16,17). The Morgan fingerprint density at radius 1 is 1.41 bits per heavy atom. The first kappa shape index (κ1) is 10.7. The Hall–Kier alpha value is -1.39. The molecule has 90 valence electrons. The molecule has 4 heteroatoms. The van der Waals surface area contributed by atoms with Crippen LogP contribution in [-0.4, -0.2) is 26.0 Å². The average molecular weight is 231 g/mol. The van der Waals surface area contributed by atoms with Crippen LogP contribution in [-0.2, 0) is 11.2 Å². The fourth-order valence-corrected chi connectivity index (χ4v) is 2.66. The molecule has 2 aliphatic rings. The van der Waals surface area contributed by atoms with Gasteiger partial charge in [0, 0.05) is 30.7 Å². The van der Waals surface area contributed by atoms with Crippen molar-refractivity contribution >= 4 is 11.6 Å². The van der Waals surface area contributed by atoms with Crippen molar-refractivity contribution in [2.75, 3.05) is 25.5 Å². The van der Waals surface area contributed by atoms with Gasteiger partial charge in [-0.25, -0.2) is 0 Å². The third-order valence-electron chi connectivity index (χ3n) is 3.71. The van der Waals surface area contributed by atoms with Crippen LogP contribution in [0.4, 0.5) is 5.69 Å². The molecule has 17 heavy (non-hydrogen) atoms. The molecule has 2 heterocycles. The maximum Gasteiger partial charge on any atom is 0.228 e. The van der Waals surface area contributed by atoms with E-state index in [9.17, 15) is 4.79 Å². The number of carbonyl (C=O) groups is 1. The zero-order chi connectivity index (χ0) is 11.8. The molecule has 0 aromatic heterocycles. The Morgan fingerprint density at radius 3 is 2.88 bits per heavy atom. The maximum absolute atomic E-state index is 11.3. The van der Waals surface area contributed by atoms with Crippen LogP contribution in [0, 0.1) is 5.92 Å². The van der Waals surface area contributed by atoms with Crippen molar-refractivity contribution < 1.29 is 4.79 Å². The van der Waals surface area contributed by atoms with Crippen LogP contribution in [0.3, 0.4) is 0 Å². The van der Waals surface area contributed by atoms with Gasteiger partial charge in [0.1, 0.15) is 0 Å². The zero-order valence-corrected chi connectivity index (χ0v) is 9.92. The van der Waals surface area contributed by atoms with Gasteiger partial charge in [0.15, 0.2) is 0 Å². The molecule has 1 fully saturated rings. The quantitative estimate of drug-likeness (QED) is 0.716. The second-order valence-electron chi connectivity index (χ2n) is 4.83. The lowest BCUT2D eigenvalue weighted by atomic mass is 9.88. The zero-order valence-electron chi connectivity index (χ0n) is 9.92. The summed E-state index contributed by atoms with van der Waals surface area (Å²) in [6.07, 6.45) is 0.516. The molecule has 4 nitrogen and oxygen atoms in total. The number of hydrogen-bond donors (Lipinski definition) is 3. The molecule has 1 saturated heterocycles. The molecule has 1 atom stereocenters. The van der Waals surface area contributed by atoms with E-state index >= 15 is 0 Å². The van der Waals surface area contributed by atoms with Gasteiger partial charge in [-0.15, -0.1) is 0 Å². The molecule has 0 spiro atoms. The number of amides is 1. The van der Waals surface area contributed by atoms with E-state index < -0.39 is 0 Å². The molecular formula is C13H17N3O. The lowest BCUT2D eigenvalue weighted by Crippen LogP contribution is -2.48. The largest absolute Gasteiger partial charge is 0.326 e. The SMILES string of the molecule is CNC(c1ccc2c(c1)CC(=O)N2)C1CNC1. The van der Waals surface area contributed by atoms with Gasteiger partial charge in [0.05, 0.1) is 6.42 Å². The number of fused-ring (bicyclic) bond motifs is 1. The Bertz CT molecular complexity index is 454. The molecule has 1 aromatic rings. The van der Waals surface area contributed by atoms with Gasteiger partial charge in [-0.2, -0.15) is 0 Å². The first-order valence-electron chi connectivity index (χ1n) is 6.08. The van der Waals surface area contributed by atoms with Crippen molar-refractivity contribution in [2.24, 2.45) is 5.92 Å². The summed E-state index contributed by atoms with van der Waals surface area (Å²) in [5.41, 5.74) is 3.38. The van der Waals surface area contributed by atoms with Crippen LogP contribution in [0.25, 0.3) is 0 Å². The average Bonchev–Trinajstić information content (AvgIpc) is 2.61. The summed E-state index contributed by atoms with van der Waals surface area (Å²) in [5.74, 6) is 0.756. The summed E-state index contributed by atoms with van der Waals surface area (Å²) >= 11 is 0. The summed E-state index contributed by atoms with van der Waals surface area (Å²) in [4.78, 5) is 11.3. The van der Waals surface area contributed by atoms with Gasteiger partial charge in [0.25, 0.3) is 0 Å². The van der Waals surface area contributed by atoms with Crippen LogP contribution < -0.4 is 16.0 Å². The lowest BCUT2D eigenvalue weighted by Gasteiger charge is -2.35. The van der Waals surface area contributed by atoms with Gasteiger partial charge in [-0.1, -0.05) is 12.1 Å². The predicted octanol–water partition coefficient (Wildman–Crippen LogP) is 0.661. The van der Waals surface area contributed by atoms with Gasteiger partial charge in [0.2, 0.25) is 5.91 Å². The Kier molecular flexibility index (Phi) is 2.61. The summed E-state index contributed by atoms with van der Waals surface area (Å²) in [6, 6.07) is 6.68. The van der Waals surface area contributed by atoms with Crippen LogP contribution in [0.2, 0.25) is 0 Å². The molecular weight excluding hydrogens is 214 g/mol. The van der Waals surface area contributed by atoms with E-state index in [0.29, 0.717) is 18.4 Å². The van der Waals surface area contributed by atoms with E-state index in [4.69, 9.17) is 0 Å². The number of hydrogen-bond acceptors (Lipinski definition) is 3. The van der Waals surface area contributed by atoms with Crippen molar-refractivity contribution in [3.8, 4) is 0 Å². The molecule has 0 bridgehead atoms. The molecule has 3 rings (SSSR count). The summed E-state index contributed by atoms with van der Waals surface area (Å²) in [5, 5.41) is 9.54. The first-order valence-corrected chi connectivity index (χ1v) is 6.08. The molecule has 0 saturated carbocycles. The van der Waals surface area contributed by atoms with Crippen molar-refractivity contribution in [2.45, 2.75) is 12.5 Å². The highest BCUT2D eigenvalue weighted by atomic mass is 16.1. The molecule has 0 radical (unpaired) electrons. The number of benzene rings is 1. The van der Waals surface area contributed by atoms with E-state index in [1.54, 1.807) is 0 Å². The number of anilines is 1. The molecule has 1 aromatic carbocycles. The van der Waals surface area contributed by atoms with Gasteiger partial charge in [-0.05, 0) is 24.2 Å². The Morgan fingerprint density at radius 2 is 2.24 bits per heavy atom. The highest BCUT2D eigenvalue weighted by Crippen LogP contribution is 2.30. The minimum Gasteiger partial charge on any atom is -0.326 e.